The number of nitrogens with two attached hydrogens (primary N) is 1. The highest BCUT2D eigenvalue weighted by Crippen LogP contribution is 2.19. The van der Waals surface area contributed by atoms with Gasteiger partial charge in [0, 0.05) is 22.8 Å². The molecule has 2 aromatic rings. The van der Waals surface area contributed by atoms with E-state index >= 15 is 0 Å². The minimum absolute atomic E-state index is 0.238. The van der Waals surface area contributed by atoms with E-state index in [9.17, 15) is 12.8 Å². The Bertz CT molecular complexity index is 753. The van der Waals surface area contributed by atoms with Crippen LogP contribution in [0.2, 0.25) is 5.02 Å². The van der Waals surface area contributed by atoms with Gasteiger partial charge in [0.1, 0.15) is 5.82 Å². The predicted octanol–water partition coefficient (Wildman–Crippen LogP) is 2.71. The summed E-state index contributed by atoms with van der Waals surface area (Å²) in [7, 11) is -3.82. The van der Waals surface area contributed by atoms with Crippen LogP contribution in [0.5, 0.6) is 0 Å². The second-order valence-corrected chi connectivity index (χ2v) is 6.05. The maximum absolute atomic E-state index is 13.6. The maximum Gasteiger partial charge on any atom is 0.296 e. The molecular formula is C13H13ClFN3O2S. The van der Waals surface area contributed by atoms with E-state index in [0.717, 1.165) is 0 Å². The highest BCUT2D eigenvalue weighted by atomic mass is 35.5. The van der Waals surface area contributed by atoms with E-state index in [1.807, 2.05) is 0 Å². The first-order valence-corrected chi connectivity index (χ1v) is 7.84. The number of benzene rings is 2. The quantitative estimate of drug-likeness (QED) is 0.788. The van der Waals surface area contributed by atoms with E-state index in [4.69, 9.17) is 16.7 Å². The molecule has 5 nitrogen and oxygen atoms in total. The number of rotatable bonds is 5. The van der Waals surface area contributed by atoms with Crippen molar-refractivity contribution in [1.82, 2.24) is 0 Å². The monoisotopic (exact) mass is 329 g/mol. The second-order valence-electron chi connectivity index (χ2n) is 4.32. The van der Waals surface area contributed by atoms with E-state index in [1.54, 1.807) is 36.4 Å². The van der Waals surface area contributed by atoms with Crippen LogP contribution in [0.3, 0.4) is 0 Å². The molecule has 0 bridgehead atoms. The normalized spacial score (nSPS) is 11.2. The summed E-state index contributed by atoms with van der Waals surface area (Å²) in [6.45, 7) is 0.238. The molecule has 0 fully saturated rings. The van der Waals surface area contributed by atoms with Crippen LogP contribution in [0.1, 0.15) is 5.56 Å². The number of halogens is 2. The summed E-state index contributed by atoms with van der Waals surface area (Å²) < 4.78 is 37.7. The summed E-state index contributed by atoms with van der Waals surface area (Å²) in [4.78, 5) is 0. The van der Waals surface area contributed by atoms with Crippen molar-refractivity contribution in [2.45, 2.75) is 6.54 Å². The van der Waals surface area contributed by atoms with Crippen LogP contribution in [0, 0.1) is 5.82 Å². The van der Waals surface area contributed by atoms with E-state index in [2.05, 4.69) is 10.0 Å². The molecule has 0 spiro atoms. The van der Waals surface area contributed by atoms with E-state index in [1.165, 1.54) is 6.07 Å². The van der Waals surface area contributed by atoms with Gasteiger partial charge in [-0.05, 0) is 30.3 Å². The Kier molecular flexibility index (Phi) is 4.66. The summed E-state index contributed by atoms with van der Waals surface area (Å²) in [5.41, 5.74) is 1.39. The molecule has 8 heteroatoms. The number of nitrogens with one attached hydrogen (secondary N) is 2. The number of anilines is 2. The highest BCUT2D eigenvalue weighted by molar-refractivity contribution is 7.90. The minimum Gasteiger partial charge on any atom is -0.381 e. The van der Waals surface area contributed by atoms with Crippen LogP contribution in [0.15, 0.2) is 42.5 Å². The number of hydrogen-bond acceptors (Lipinski definition) is 3. The Balaban J connectivity index is 2.08. The summed E-state index contributed by atoms with van der Waals surface area (Å²) in [5.74, 6) is -0.409. The third kappa shape index (κ3) is 4.89. The van der Waals surface area contributed by atoms with Crippen molar-refractivity contribution in [2.75, 3.05) is 10.0 Å². The molecule has 0 aliphatic rings. The Labute approximate surface area is 127 Å². The fourth-order valence-corrected chi connectivity index (χ4v) is 2.33. The first kappa shape index (κ1) is 15.6. The fraction of sp³-hybridized carbons (Fsp3) is 0.0769. The van der Waals surface area contributed by atoms with Crippen molar-refractivity contribution < 1.29 is 12.8 Å². The molecule has 0 aromatic heterocycles. The molecule has 0 aliphatic carbocycles. The van der Waals surface area contributed by atoms with Crippen molar-refractivity contribution in [3.05, 3.63) is 58.9 Å². The SMILES string of the molecule is NS(=O)(=O)Nc1cccc(NCc2ccc(Cl)cc2F)c1. The average molecular weight is 330 g/mol. The Morgan fingerprint density at radius 1 is 1.14 bits per heavy atom. The Morgan fingerprint density at radius 3 is 2.52 bits per heavy atom. The molecule has 4 N–H and O–H groups in total. The summed E-state index contributed by atoms with van der Waals surface area (Å²) in [6.07, 6.45) is 0. The molecule has 0 saturated heterocycles. The van der Waals surface area contributed by atoms with Gasteiger partial charge in [0.2, 0.25) is 0 Å². The minimum atomic E-state index is -3.82. The molecule has 0 amide bonds. The molecule has 21 heavy (non-hydrogen) atoms. The standard InChI is InChI=1S/C13H13ClFN3O2S/c14-10-5-4-9(13(15)6-10)8-17-11-2-1-3-12(7-11)18-21(16,19)20/h1-7,17-18H,8H2,(H2,16,19,20). The van der Waals surface area contributed by atoms with Gasteiger partial charge in [-0.1, -0.05) is 23.7 Å². The molecule has 2 rings (SSSR count). The third-order valence-corrected chi connectivity index (χ3v) is 3.38. The van der Waals surface area contributed by atoms with Crippen molar-refractivity contribution in [3.63, 3.8) is 0 Å². The molecular weight excluding hydrogens is 317 g/mol. The largest absolute Gasteiger partial charge is 0.381 e. The van der Waals surface area contributed by atoms with Crippen molar-refractivity contribution >= 4 is 33.2 Å². The highest BCUT2D eigenvalue weighted by Gasteiger charge is 2.05. The lowest BCUT2D eigenvalue weighted by atomic mass is 10.2. The van der Waals surface area contributed by atoms with E-state index in [-0.39, 0.29) is 6.54 Å². The molecule has 112 valence electrons. The molecule has 0 saturated carbocycles. The topological polar surface area (TPSA) is 84.2 Å². The smallest absolute Gasteiger partial charge is 0.296 e. The van der Waals surface area contributed by atoms with E-state index < -0.39 is 16.0 Å². The van der Waals surface area contributed by atoms with Gasteiger partial charge in [0.25, 0.3) is 10.2 Å². The number of hydrogen-bond donors (Lipinski definition) is 3. The molecule has 0 radical (unpaired) electrons. The fourth-order valence-electron chi connectivity index (χ4n) is 1.72. The van der Waals surface area contributed by atoms with Crippen LogP contribution >= 0.6 is 11.6 Å². The molecule has 0 unspecified atom stereocenters. The maximum atomic E-state index is 13.6. The summed E-state index contributed by atoms with van der Waals surface area (Å²) >= 11 is 5.68. The predicted molar refractivity (Wildman–Crippen MR) is 81.9 cm³/mol. The molecule has 0 heterocycles. The summed E-state index contributed by atoms with van der Waals surface area (Å²) in [5, 5.41) is 8.21. The zero-order valence-corrected chi connectivity index (χ0v) is 12.4. The van der Waals surface area contributed by atoms with Crippen molar-refractivity contribution in [3.8, 4) is 0 Å². The first-order valence-electron chi connectivity index (χ1n) is 5.92. The van der Waals surface area contributed by atoms with Gasteiger partial charge in [-0.25, -0.2) is 9.53 Å². The molecule has 2 aromatic carbocycles. The van der Waals surface area contributed by atoms with Crippen molar-refractivity contribution in [1.29, 1.82) is 0 Å². The van der Waals surface area contributed by atoms with Gasteiger partial charge in [0.15, 0.2) is 0 Å². The van der Waals surface area contributed by atoms with Crippen molar-refractivity contribution in [2.24, 2.45) is 5.14 Å². The third-order valence-electron chi connectivity index (χ3n) is 2.62. The lowest BCUT2D eigenvalue weighted by molar-refractivity contribution is 0.603. The average Bonchev–Trinajstić information content (AvgIpc) is 2.36. The van der Waals surface area contributed by atoms with Crippen LogP contribution in [-0.2, 0) is 16.8 Å². The van der Waals surface area contributed by atoms with Crippen LogP contribution in [0.4, 0.5) is 15.8 Å². The zero-order chi connectivity index (χ0) is 15.5. The lowest BCUT2D eigenvalue weighted by Gasteiger charge is -2.10. The van der Waals surface area contributed by atoms with Crippen LogP contribution in [0.25, 0.3) is 0 Å². The van der Waals surface area contributed by atoms with Gasteiger partial charge in [0.05, 0.1) is 5.69 Å². The van der Waals surface area contributed by atoms with Gasteiger partial charge in [-0.2, -0.15) is 8.42 Å². The van der Waals surface area contributed by atoms with Crippen LogP contribution in [-0.4, -0.2) is 8.42 Å². The summed E-state index contributed by atoms with van der Waals surface area (Å²) in [6, 6.07) is 10.9. The Hall–Kier alpha value is -1.83. The second kappa shape index (κ2) is 6.30. The molecule has 0 atom stereocenters. The lowest BCUT2D eigenvalue weighted by Crippen LogP contribution is -2.21. The van der Waals surface area contributed by atoms with Crippen LogP contribution < -0.4 is 15.2 Å². The zero-order valence-electron chi connectivity index (χ0n) is 10.8. The van der Waals surface area contributed by atoms with Gasteiger partial charge in [-0.15, -0.1) is 0 Å². The molecule has 0 aliphatic heterocycles. The van der Waals surface area contributed by atoms with Gasteiger partial charge in [-0.3, -0.25) is 4.72 Å². The first-order chi connectivity index (χ1) is 9.83. The van der Waals surface area contributed by atoms with E-state index in [0.29, 0.717) is 22.0 Å². The van der Waals surface area contributed by atoms with Gasteiger partial charge >= 0.3 is 0 Å². The van der Waals surface area contributed by atoms with Gasteiger partial charge < -0.3 is 5.32 Å². The Morgan fingerprint density at radius 2 is 1.86 bits per heavy atom.